The van der Waals surface area contributed by atoms with E-state index in [1.807, 2.05) is 0 Å². The zero-order valence-electron chi connectivity index (χ0n) is 12.7. The highest BCUT2D eigenvalue weighted by molar-refractivity contribution is 4.70. The van der Waals surface area contributed by atoms with E-state index in [9.17, 15) is 0 Å². The van der Waals surface area contributed by atoms with Crippen molar-refractivity contribution in [3.8, 4) is 0 Å². The molecule has 0 heterocycles. The van der Waals surface area contributed by atoms with Crippen LogP contribution in [-0.2, 0) is 0 Å². The topological polar surface area (TPSA) is 0 Å². The Morgan fingerprint density at radius 1 is 0.688 bits per heavy atom. The molecule has 0 aromatic carbocycles. The molecule has 0 aromatic rings. The van der Waals surface area contributed by atoms with E-state index in [-0.39, 0.29) is 0 Å². The Hall–Kier alpha value is 0. The lowest BCUT2D eigenvalue weighted by Crippen LogP contribution is -2.18. The molecular weight excluding hydrogens is 192 g/mol. The normalized spacial score (nSPS) is 19.5. The highest BCUT2D eigenvalue weighted by atomic mass is 14.3. The van der Waals surface area contributed by atoms with Crippen molar-refractivity contribution < 1.29 is 0 Å². The Balaban J connectivity index is 4.07. The van der Waals surface area contributed by atoms with Crippen molar-refractivity contribution in [2.24, 2.45) is 29.6 Å². The van der Waals surface area contributed by atoms with Gasteiger partial charge in [-0.05, 0) is 42.4 Å². The average Bonchev–Trinajstić information content (AvgIpc) is 2.24. The van der Waals surface area contributed by atoms with Gasteiger partial charge in [0.1, 0.15) is 0 Å². The third kappa shape index (κ3) is 5.92. The first kappa shape index (κ1) is 16.0. The predicted molar refractivity (Wildman–Crippen MR) is 75.6 cm³/mol. The van der Waals surface area contributed by atoms with Gasteiger partial charge in [0.2, 0.25) is 0 Å². The fourth-order valence-corrected chi connectivity index (χ4v) is 2.65. The Labute approximate surface area is 104 Å². The third-order valence-corrected chi connectivity index (χ3v) is 4.58. The van der Waals surface area contributed by atoms with E-state index >= 15 is 0 Å². The predicted octanol–water partition coefficient (Wildman–Crippen LogP) is 5.77. The van der Waals surface area contributed by atoms with Gasteiger partial charge in [-0.25, -0.2) is 0 Å². The summed E-state index contributed by atoms with van der Waals surface area (Å²) < 4.78 is 0. The van der Waals surface area contributed by atoms with E-state index in [2.05, 4.69) is 48.5 Å². The Bertz CT molecular complexity index is 159. The van der Waals surface area contributed by atoms with Crippen molar-refractivity contribution in [2.75, 3.05) is 0 Å². The number of hydrogen-bond donors (Lipinski definition) is 0. The molecule has 0 nitrogen and oxygen atoms in total. The van der Waals surface area contributed by atoms with Gasteiger partial charge < -0.3 is 0 Å². The minimum Gasteiger partial charge on any atom is -0.0651 e. The van der Waals surface area contributed by atoms with Crippen molar-refractivity contribution in [2.45, 2.75) is 74.1 Å². The maximum absolute atomic E-state index is 2.46. The first-order valence-corrected chi connectivity index (χ1v) is 7.42. The van der Waals surface area contributed by atoms with Crippen molar-refractivity contribution in [3.05, 3.63) is 0 Å². The molecule has 98 valence electrons. The fourth-order valence-electron chi connectivity index (χ4n) is 2.65. The molecule has 0 fully saturated rings. The average molecular weight is 226 g/mol. The van der Waals surface area contributed by atoms with Gasteiger partial charge in [-0.3, -0.25) is 0 Å². The summed E-state index contributed by atoms with van der Waals surface area (Å²) in [5.41, 5.74) is 0. The number of hydrogen-bond acceptors (Lipinski definition) is 0. The van der Waals surface area contributed by atoms with E-state index in [1.54, 1.807) is 0 Å². The van der Waals surface area contributed by atoms with E-state index < -0.39 is 0 Å². The minimum absolute atomic E-state index is 0.850. The highest BCUT2D eigenvalue weighted by Gasteiger charge is 2.20. The fraction of sp³-hybridized carbons (Fsp3) is 1.00. The Morgan fingerprint density at radius 3 is 1.56 bits per heavy atom. The van der Waals surface area contributed by atoms with Gasteiger partial charge in [0.25, 0.3) is 0 Å². The molecule has 0 radical (unpaired) electrons. The molecule has 0 aliphatic heterocycles. The van der Waals surface area contributed by atoms with Crippen molar-refractivity contribution in [1.29, 1.82) is 0 Å². The summed E-state index contributed by atoms with van der Waals surface area (Å²) in [4.78, 5) is 0. The largest absolute Gasteiger partial charge is 0.0651 e. The molecule has 0 aliphatic rings. The zero-order chi connectivity index (χ0) is 12.7. The second kappa shape index (κ2) is 8.14. The van der Waals surface area contributed by atoms with Gasteiger partial charge in [0, 0.05) is 0 Å². The van der Waals surface area contributed by atoms with Crippen LogP contribution in [0.2, 0.25) is 0 Å². The molecule has 0 amide bonds. The summed E-state index contributed by atoms with van der Waals surface area (Å²) in [6.45, 7) is 16.7. The summed E-state index contributed by atoms with van der Waals surface area (Å²) in [6.07, 6.45) is 5.51. The quantitative estimate of drug-likeness (QED) is 0.493. The van der Waals surface area contributed by atoms with Crippen LogP contribution in [0.4, 0.5) is 0 Å². The summed E-state index contributed by atoms with van der Waals surface area (Å²) in [7, 11) is 0. The molecule has 4 atom stereocenters. The summed E-state index contributed by atoms with van der Waals surface area (Å²) in [5.74, 6) is 4.46. The van der Waals surface area contributed by atoms with E-state index in [1.165, 1.54) is 25.7 Å². The smallest absolute Gasteiger partial charge is 0.0391 e. The molecule has 0 N–H and O–H groups in total. The molecule has 16 heavy (non-hydrogen) atoms. The SMILES string of the molecule is CCC(C)CC(C)C(C)CC(CC)C(C)C. The molecule has 0 aliphatic carbocycles. The lowest BCUT2D eigenvalue weighted by atomic mass is 9.78. The summed E-state index contributed by atoms with van der Waals surface area (Å²) in [5, 5.41) is 0. The lowest BCUT2D eigenvalue weighted by Gasteiger charge is -2.28. The van der Waals surface area contributed by atoms with E-state index in [0.717, 1.165) is 29.6 Å². The van der Waals surface area contributed by atoms with Crippen LogP contribution in [0.3, 0.4) is 0 Å². The van der Waals surface area contributed by atoms with Crippen LogP contribution in [0.25, 0.3) is 0 Å². The molecular formula is C16H34. The maximum Gasteiger partial charge on any atom is -0.0391 e. The molecule has 0 saturated heterocycles. The van der Waals surface area contributed by atoms with Gasteiger partial charge in [0.15, 0.2) is 0 Å². The van der Waals surface area contributed by atoms with E-state index in [0.29, 0.717) is 0 Å². The molecule has 0 bridgehead atoms. The standard InChI is InChI=1S/C16H34/c1-8-13(5)10-14(6)15(7)11-16(9-2)12(3)4/h12-16H,8-11H2,1-7H3. The minimum atomic E-state index is 0.850. The van der Waals surface area contributed by atoms with Crippen molar-refractivity contribution in [3.63, 3.8) is 0 Å². The van der Waals surface area contributed by atoms with Crippen LogP contribution in [0, 0.1) is 29.6 Å². The van der Waals surface area contributed by atoms with Crippen LogP contribution >= 0.6 is 0 Å². The second-order valence-electron chi connectivity index (χ2n) is 6.35. The Morgan fingerprint density at radius 2 is 1.19 bits per heavy atom. The van der Waals surface area contributed by atoms with Gasteiger partial charge in [-0.15, -0.1) is 0 Å². The van der Waals surface area contributed by atoms with Gasteiger partial charge >= 0.3 is 0 Å². The third-order valence-electron chi connectivity index (χ3n) is 4.58. The summed E-state index contributed by atoms with van der Waals surface area (Å²) in [6, 6.07) is 0. The second-order valence-corrected chi connectivity index (χ2v) is 6.35. The van der Waals surface area contributed by atoms with Gasteiger partial charge in [-0.1, -0.05) is 61.3 Å². The Kier molecular flexibility index (Phi) is 8.14. The monoisotopic (exact) mass is 226 g/mol. The van der Waals surface area contributed by atoms with Gasteiger partial charge in [-0.2, -0.15) is 0 Å². The number of rotatable bonds is 8. The molecule has 4 unspecified atom stereocenters. The molecule has 0 saturated carbocycles. The molecule has 0 rings (SSSR count). The van der Waals surface area contributed by atoms with E-state index in [4.69, 9.17) is 0 Å². The van der Waals surface area contributed by atoms with Crippen LogP contribution in [-0.4, -0.2) is 0 Å². The first-order valence-electron chi connectivity index (χ1n) is 7.42. The molecule has 0 heteroatoms. The highest BCUT2D eigenvalue weighted by Crippen LogP contribution is 2.30. The van der Waals surface area contributed by atoms with Crippen LogP contribution < -0.4 is 0 Å². The molecule has 0 spiro atoms. The van der Waals surface area contributed by atoms with Crippen LogP contribution in [0.15, 0.2) is 0 Å². The molecule has 0 aromatic heterocycles. The van der Waals surface area contributed by atoms with Gasteiger partial charge in [0.05, 0.1) is 0 Å². The zero-order valence-corrected chi connectivity index (χ0v) is 12.7. The van der Waals surface area contributed by atoms with Crippen LogP contribution in [0.1, 0.15) is 74.1 Å². The lowest BCUT2D eigenvalue weighted by molar-refractivity contribution is 0.226. The first-order chi connectivity index (χ1) is 7.42. The maximum atomic E-state index is 2.46. The van der Waals surface area contributed by atoms with Crippen LogP contribution in [0.5, 0.6) is 0 Å². The van der Waals surface area contributed by atoms with Crippen molar-refractivity contribution in [1.82, 2.24) is 0 Å². The van der Waals surface area contributed by atoms with Crippen molar-refractivity contribution >= 4 is 0 Å². The summed E-state index contributed by atoms with van der Waals surface area (Å²) >= 11 is 0.